The predicted octanol–water partition coefficient (Wildman–Crippen LogP) is 4.07. The fraction of sp³-hybridized carbons (Fsp3) is 0.200. The summed E-state index contributed by atoms with van der Waals surface area (Å²) in [6.07, 6.45) is 3.47. The molecule has 2 aromatic heterocycles. The Morgan fingerprint density at radius 1 is 1.26 bits per heavy atom. The van der Waals surface area contributed by atoms with Gasteiger partial charge in [0.25, 0.3) is 0 Å². The van der Waals surface area contributed by atoms with Crippen LogP contribution in [0.25, 0.3) is 20.7 Å². The Bertz CT molecular complexity index is 721. The van der Waals surface area contributed by atoms with Gasteiger partial charge >= 0.3 is 0 Å². The van der Waals surface area contributed by atoms with Gasteiger partial charge in [0.1, 0.15) is 12.1 Å². The molecule has 0 radical (unpaired) electrons. The number of aryl methyl sites for hydroxylation is 1. The summed E-state index contributed by atoms with van der Waals surface area (Å²) in [4.78, 5) is 9.66. The van der Waals surface area contributed by atoms with Crippen molar-refractivity contribution in [1.29, 1.82) is 0 Å². The first-order valence-corrected chi connectivity index (χ1v) is 7.04. The van der Waals surface area contributed by atoms with Gasteiger partial charge in [-0.15, -0.1) is 11.3 Å². The summed E-state index contributed by atoms with van der Waals surface area (Å²) in [6.45, 7) is 4.77. The molecular weight excluding hydrogens is 256 g/mol. The molecule has 0 fully saturated rings. The van der Waals surface area contributed by atoms with Crippen molar-refractivity contribution in [2.75, 3.05) is 6.61 Å². The van der Waals surface area contributed by atoms with Crippen LogP contribution in [0, 0.1) is 6.92 Å². The number of hydrogen-bond acceptors (Lipinski definition) is 4. The van der Waals surface area contributed by atoms with Gasteiger partial charge in [0.05, 0.1) is 16.8 Å². The van der Waals surface area contributed by atoms with Crippen LogP contribution < -0.4 is 4.74 Å². The SMILES string of the molecule is CCOc1ccccc1-c1sc2cncnc2c1C. The largest absolute Gasteiger partial charge is 0.493 e. The molecule has 0 aliphatic heterocycles. The van der Waals surface area contributed by atoms with Crippen molar-refractivity contribution in [1.82, 2.24) is 9.97 Å². The summed E-state index contributed by atoms with van der Waals surface area (Å²) in [5.74, 6) is 0.924. The molecule has 0 unspecified atom stereocenters. The predicted molar refractivity (Wildman–Crippen MR) is 78.8 cm³/mol. The van der Waals surface area contributed by atoms with Gasteiger partial charge in [-0.05, 0) is 31.5 Å². The average Bonchev–Trinajstić information content (AvgIpc) is 2.78. The van der Waals surface area contributed by atoms with Crippen molar-refractivity contribution < 1.29 is 4.74 Å². The molecule has 96 valence electrons. The minimum Gasteiger partial charge on any atom is -0.493 e. The standard InChI is InChI=1S/C15H14N2OS/c1-3-18-12-7-5-4-6-11(12)15-10(2)14-13(19-15)8-16-9-17-14/h4-9H,3H2,1-2H3. The molecule has 3 aromatic rings. The fourth-order valence-electron chi connectivity index (χ4n) is 2.16. The molecule has 3 nitrogen and oxygen atoms in total. The highest BCUT2D eigenvalue weighted by Crippen LogP contribution is 2.40. The summed E-state index contributed by atoms with van der Waals surface area (Å²) in [5, 5.41) is 0. The van der Waals surface area contributed by atoms with E-state index in [0.717, 1.165) is 21.5 Å². The molecular formula is C15H14N2OS. The number of benzene rings is 1. The minimum atomic E-state index is 0.667. The third-order valence-corrected chi connectivity index (χ3v) is 4.27. The first kappa shape index (κ1) is 12.1. The van der Waals surface area contributed by atoms with Crippen molar-refractivity contribution in [3.63, 3.8) is 0 Å². The second-order valence-corrected chi connectivity index (χ2v) is 5.27. The Morgan fingerprint density at radius 2 is 2.11 bits per heavy atom. The molecule has 2 heterocycles. The Morgan fingerprint density at radius 3 is 2.89 bits per heavy atom. The second-order valence-electron chi connectivity index (χ2n) is 4.22. The summed E-state index contributed by atoms with van der Waals surface area (Å²) in [5.41, 5.74) is 3.35. The third kappa shape index (κ3) is 2.08. The molecule has 0 spiro atoms. The number of ether oxygens (including phenoxy) is 1. The number of hydrogen-bond donors (Lipinski definition) is 0. The van der Waals surface area contributed by atoms with Gasteiger partial charge in [0.15, 0.2) is 0 Å². The monoisotopic (exact) mass is 270 g/mol. The number of fused-ring (bicyclic) bond motifs is 1. The maximum Gasteiger partial charge on any atom is 0.127 e. The number of rotatable bonds is 3. The van der Waals surface area contributed by atoms with E-state index in [4.69, 9.17) is 4.74 Å². The Kier molecular flexibility index (Phi) is 3.17. The van der Waals surface area contributed by atoms with E-state index in [1.165, 1.54) is 10.4 Å². The van der Waals surface area contributed by atoms with Crippen LogP contribution >= 0.6 is 11.3 Å². The van der Waals surface area contributed by atoms with E-state index in [-0.39, 0.29) is 0 Å². The van der Waals surface area contributed by atoms with Gasteiger partial charge in [-0.25, -0.2) is 9.97 Å². The van der Waals surface area contributed by atoms with Crippen LogP contribution in [0.5, 0.6) is 5.75 Å². The van der Waals surface area contributed by atoms with Gasteiger partial charge in [0.2, 0.25) is 0 Å². The highest BCUT2D eigenvalue weighted by Gasteiger charge is 2.14. The molecule has 0 N–H and O–H groups in total. The highest BCUT2D eigenvalue weighted by molar-refractivity contribution is 7.22. The number of aromatic nitrogens is 2. The maximum atomic E-state index is 5.71. The summed E-state index contributed by atoms with van der Waals surface area (Å²) in [7, 11) is 0. The molecule has 0 saturated heterocycles. The van der Waals surface area contributed by atoms with E-state index < -0.39 is 0 Å². The lowest BCUT2D eigenvalue weighted by Crippen LogP contribution is -1.93. The van der Waals surface area contributed by atoms with Gasteiger partial charge in [-0.2, -0.15) is 0 Å². The first-order valence-electron chi connectivity index (χ1n) is 6.22. The smallest absolute Gasteiger partial charge is 0.127 e. The summed E-state index contributed by atoms with van der Waals surface area (Å²) in [6, 6.07) is 8.13. The van der Waals surface area contributed by atoms with Crippen molar-refractivity contribution >= 4 is 21.6 Å². The minimum absolute atomic E-state index is 0.667. The van der Waals surface area contributed by atoms with Crippen LogP contribution in [0.1, 0.15) is 12.5 Å². The Balaban J connectivity index is 2.22. The zero-order chi connectivity index (χ0) is 13.2. The van der Waals surface area contributed by atoms with Crippen LogP contribution in [-0.2, 0) is 0 Å². The van der Waals surface area contributed by atoms with Gasteiger partial charge < -0.3 is 4.74 Å². The van der Waals surface area contributed by atoms with E-state index in [0.29, 0.717) is 6.61 Å². The van der Waals surface area contributed by atoms with E-state index in [2.05, 4.69) is 23.0 Å². The molecule has 0 atom stereocenters. The molecule has 0 saturated carbocycles. The van der Waals surface area contributed by atoms with Crippen molar-refractivity contribution in [2.24, 2.45) is 0 Å². The van der Waals surface area contributed by atoms with E-state index in [1.54, 1.807) is 17.7 Å². The van der Waals surface area contributed by atoms with Crippen LogP contribution in [0.4, 0.5) is 0 Å². The Labute approximate surface area is 115 Å². The Hall–Kier alpha value is -1.94. The molecule has 0 bridgehead atoms. The number of para-hydroxylation sites is 1. The zero-order valence-corrected chi connectivity index (χ0v) is 11.7. The highest BCUT2D eigenvalue weighted by atomic mass is 32.1. The third-order valence-electron chi connectivity index (χ3n) is 3.02. The van der Waals surface area contributed by atoms with Crippen LogP contribution in [0.3, 0.4) is 0 Å². The van der Waals surface area contributed by atoms with E-state index in [9.17, 15) is 0 Å². The van der Waals surface area contributed by atoms with E-state index in [1.807, 2.05) is 31.3 Å². The normalized spacial score (nSPS) is 10.8. The molecule has 4 heteroatoms. The lowest BCUT2D eigenvalue weighted by atomic mass is 10.1. The second kappa shape index (κ2) is 4.97. The lowest BCUT2D eigenvalue weighted by Gasteiger charge is -2.09. The molecule has 0 aliphatic carbocycles. The molecule has 19 heavy (non-hydrogen) atoms. The van der Waals surface area contributed by atoms with Gasteiger partial charge in [-0.1, -0.05) is 12.1 Å². The number of nitrogens with zero attached hydrogens (tertiary/aromatic N) is 2. The quantitative estimate of drug-likeness (QED) is 0.719. The average molecular weight is 270 g/mol. The molecule has 3 rings (SSSR count). The van der Waals surface area contributed by atoms with E-state index >= 15 is 0 Å². The van der Waals surface area contributed by atoms with Crippen molar-refractivity contribution in [3.05, 3.63) is 42.4 Å². The maximum absolute atomic E-state index is 5.71. The molecule has 0 aliphatic rings. The topological polar surface area (TPSA) is 35.0 Å². The summed E-state index contributed by atoms with van der Waals surface area (Å²) < 4.78 is 6.83. The van der Waals surface area contributed by atoms with Crippen molar-refractivity contribution in [3.8, 4) is 16.2 Å². The fourth-order valence-corrected chi connectivity index (χ4v) is 3.32. The first-order chi connectivity index (χ1) is 9.31. The number of thiophene rings is 1. The summed E-state index contributed by atoms with van der Waals surface area (Å²) >= 11 is 1.71. The van der Waals surface area contributed by atoms with Gasteiger partial charge in [0, 0.05) is 16.6 Å². The van der Waals surface area contributed by atoms with Crippen molar-refractivity contribution in [2.45, 2.75) is 13.8 Å². The molecule has 0 amide bonds. The van der Waals surface area contributed by atoms with Gasteiger partial charge in [-0.3, -0.25) is 0 Å². The van der Waals surface area contributed by atoms with Crippen LogP contribution in [-0.4, -0.2) is 16.6 Å². The van der Waals surface area contributed by atoms with Crippen LogP contribution in [0.2, 0.25) is 0 Å². The molecule has 1 aromatic carbocycles. The lowest BCUT2D eigenvalue weighted by molar-refractivity contribution is 0.341. The van der Waals surface area contributed by atoms with Crippen LogP contribution in [0.15, 0.2) is 36.8 Å². The zero-order valence-electron chi connectivity index (χ0n) is 10.9.